The van der Waals surface area contributed by atoms with Crippen LogP contribution in [-0.2, 0) is 27.7 Å². The highest BCUT2D eigenvalue weighted by Gasteiger charge is 2.26. The van der Waals surface area contributed by atoms with Crippen LogP contribution in [0.2, 0.25) is 0 Å². The minimum Gasteiger partial charge on any atom is -0.444 e. The van der Waals surface area contributed by atoms with Crippen molar-refractivity contribution < 1.29 is 19.0 Å². The molecule has 1 aromatic heterocycles. The molecule has 1 aliphatic heterocycles. The van der Waals surface area contributed by atoms with Gasteiger partial charge in [-0.2, -0.15) is 5.10 Å². The lowest BCUT2D eigenvalue weighted by Gasteiger charge is -2.22. The summed E-state index contributed by atoms with van der Waals surface area (Å²) in [6.45, 7) is 10.6. The molecule has 0 unspecified atom stereocenters. The van der Waals surface area contributed by atoms with Gasteiger partial charge in [0, 0.05) is 24.7 Å². The Morgan fingerprint density at radius 2 is 2.04 bits per heavy atom. The molecule has 0 saturated carbocycles. The number of aryl methyl sites for hydroxylation is 1. The first-order valence-electron chi connectivity index (χ1n) is 7.92. The molecule has 0 aromatic carbocycles. The van der Waals surface area contributed by atoms with Crippen LogP contribution in [0.15, 0.2) is 0 Å². The first kappa shape index (κ1) is 17.7. The molecule has 7 nitrogen and oxygen atoms in total. The van der Waals surface area contributed by atoms with Gasteiger partial charge in [-0.15, -0.1) is 0 Å². The Hall–Kier alpha value is -1.60. The highest BCUT2D eigenvalue weighted by molar-refractivity contribution is 5.68. The number of nitrogens with one attached hydrogen (secondary N) is 1. The topological polar surface area (TPSA) is 74.6 Å². The molecule has 0 spiro atoms. The second-order valence-corrected chi connectivity index (χ2v) is 6.82. The van der Waals surface area contributed by atoms with Gasteiger partial charge in [-0.3, -0.25) is 4.68 Å². The number of carbonyl (C=O) groups excluding carboxylic acids is 1. The normalized spacial score (nSPS) is 17.3. The molecule has 1 fully saturated rings. The largest absolute Gasteiger partial charge is 0.444 e. The van der Waals surface area contributed by atoms with Crippen LogP contribution in [0.4, 0.5) is 4.79 Å². The number of ether oxygens (including phenoxy) is 3. The first-order chi connectivity index (χ1) is 10.7. The lowest BCUT2D eigenvalue weighted by Crippen LogP contribution is -2.34. The highest BCUT2D eigenvalue weighted by atomic mass is 16.7. The van der Waals surface area contributed by atoms with E-state index in [1.165, 1.54) is 0 Å². The minimum absolute atomic E-state index is 0.245. The van der Waals surface area contributed by atoms with Gasteiger partial charge < -0.3 is 19.5 Å². The van der Waals surface area contributed by atoms with Crippen LogP contribution in [0.3, 0.4) is 0 Å². The number of nitrogens with zero attached hydrogens (tertiary/aromatic N) is 2. The van der Waals surface area contributed by atoms with Crippen molar-refractivity contribution in [3.05, 3.63) is 17.0 Å². The number of hydrogen-bond acceptors (Lipinski definition) is 5. The van der Waals surface area contributed by atoms with Gasteiger partial charge in [0.05, 0.1) is 24.9 Å². The molecule has 1 N–H and O–H groups in total. The lowest BCUT2D eigenvalue weighted by molar-refractivity contribution is -0.0402. The summed E-state index contributed by atoms with van der Waals surface area (Å²) in [6, 6.07) is -0.263. The molecule has 1 atom stereocenters. The fraction of sp³-hybridized carbons (Fsp3) is 0.750. The van der Waals surface area contributed by atoms with Crippen molar-refractivity contribution in [3.63, 3.8) is 0 Å². The predicted molar refractivity (Wildman–Crippen MR) is 85.1 cm³/mol. The van der Waals surface area contributed by atoms with E-state index in [1.807, 2.05) is 46.3 Å². The number of rotatable bonds is 4. The lowest BCUT2D eigenvalue weighted by atomic mass is 10.1. The van der Waals surface area contributed by atoms with Gasteiger partial charge in [0.15, 0.2) is 6.29 Å². The van der Waals surface area contributed by atoms with E-state index in [0.29, 0.717) is 19.6 Å². The molecular weight excluding hydrogens is 298 g/mol. The Morgan fingerprint density at radius 3 is 2.61 bits per heavy atom. The van der Waals surface area contributed by atoms with E-state index >= 15 is 0 Å². The molecule has 23 heavy (non-hydrogen) atoms. The molecule has 1 saturated heterocycles. The molecule has 2 rings (SSSR count). The Kier molecular flexibility index (Phi) is 5.31. The van der Waals surface area contributed by atoms with Crippen LogP contribution in [0, 0.1) is 6.92 Å². The van der Waals surface area contributed by atoms with Crippen molar-refractivity contribution in [2.24, 2.45) is 7.05 Å². The molecule has 1 aromatic rings. The van der Waals surface area contributed by atoms with Gasteiger partial charge in [0.25, 0.3) is 0 Å². The second kappa shape index (κ2) is 6.88. The maximum atomic E-state index is 12.0. The van der Waals surface area contributed by atoms with E-state index in [4.69, 9.17) is 14.2 Å². The minimum atomic E-state index is -0.530. The third-order valence-electron chi connectivity index (χ3n) is 3.69. The quantitative estimate of drug-likeness (QED) is 0.919. The number of carbonyl (C=O) groups is 1. The summed E-state index contributed by atoms with van der Waals surface area (Å²) in [5, 5.41) is 7.38. The maximum Gasteiger partial charge on any atom is 0.408 e. The van der Waals surface area contributed by atoms with Crippen molar-refractivity contribution in [2.75, 3.05) is 13.2 Å². The number of amides is 1. The van der Waals surface area contributed by atoms with E-state index < -0.39 is 11.7 Å². The van der Waals surface area contributed by atoms with Crippen LogP contribution in [0.5, 0.6) is 0 Å². The van der Waals surface area contributed by atoms with Crippen molar-refractivity contribution in [3.8, 4) is 0 Å². The molecule has 7 heteroatoms. The van der Waals surface area contributed by atoms with Gasteiger partial charge in [0.1, 0.15) is 5.60 Å². The SMILES string of the molecule is Cc1c(CC2OCCO2)c([C@H](C)NC(=O)OC(C)(C)C)nn1C. The number of aromatic nitrogens is 2. The maximum absolute atomic E-state index is 12.0. The molecule has 0 radical (unpaired) electrons. The zero-order chi connectivity index (χ0) is 17.2. The molecule has 130 valence electrons. The van der Waals surface area contributed by atoms with Gasteiger partial charge in [-0.05, 0) is 34.6 Å². The summed E-state index contributed by atoms with van der Waals surface area (Å²) in [4.78, 5) is 12.0. The molecule has 1 amide bonds. The summed E-state index contributed by atoms with van der Waals surface area (Å²) in [5.41, 5.74) is 2.37. The van der Waals surface area contributed by atoms with E-state index in [2.05, 4.69) is 10.4 Å². The van der Waals surface area contributed by atoms with Gasteiger partial charge in [0.2, 0.25) is 0 Å². The fourth-order valence-corrected chi connectivity index (χ4v) is 2.52. The third-order valence-corrected chi connectivity index (χ3v) is 3.69. The van der Waals surface area contributed by atoms with Crippen LogP contribution < -0.4 is 5.32 Å². The summed E-state index contributed by atoms with van der Waals surface area (Å²) >= 11 is 0. The predicted octanol–water partition coefficient (Wildman–Crippen LogP) is 2.23. The Balaban J connectivity index is 2.11. The van der Waals surface area contributed by atoms with Crippen LogP contribution in [-0.4, -0.2) is 41.0 Å². The standard InChI is InChI=1S/C16H27N3O4/c1-10(17-15(20)23-16(3,4)5)14-12(11(2)19(6)18-14)9-13-21-7-8-22-13/h10,13H,7-9H2,1-6H3,(H,17,20)/t10-/m0/s1. The Bertz CT molecular complexity index is 556. The van der Waals surface area contributed by atoms with E-state index in [9.17, 15) is 4.79 Å². The van der Waals surface area contributed by atoms with Crippen molar-refractivity contribution in [1.29, 1.82) is 0 Å². The highest BCUT2D eigenvalue weighted by Crippen LogP contribution is 2.24. The molecule has 1 aliphatic rings. The van der Waals surface area contributed by atoms with E-state index in [0.717, 1.165) is 17.0 Å². The first-order valence-corrected chi connectivity index (χ1v) is 7.92. The molecule has 0 bridgehead atoms. The van der Waals surface area contributed by atoms with E-state index in [-0.39, 0.29) is 12.3 Å². The summed E-state index contributed by atoms with van der Waals surface area (Å²) in [5.74, 6) is 0. The van der Waals surface area contributed by atoms with Crippen LogP contribution >= 0.6 is 0 Å². The van der Waals surface area contributed by atoms with E-state index in [1.54, 1.807) is 0 Å². The molecule has 2 heterocycles. The average molecular weight is 325 g/mol. The van der Waals surface area contributed by atoms with Crippen LogP contribution in [0.25, 0.3) is 0 Å². The van der Waals surface area contributed by atoms with Crippen LogP contribution in [0.1, 0.15) is 50.7 Å². The number of hydrogen-bond donors (Lipinski definition) is 1. The van der Waals surface area contributed by atoms with Crippen molar-refractivity contribution >= 4 is 6.09 Å². The molecule has 0 aliphatic carbocycles. The number of alkyl carbamates (subject to hydrolysis) is 1. The Labute approximate surface area is 137 Å². The molecular formula is C16H27N3O4. The zero-order valence-electron chi connectivity index (χ0n) is 14.8. The van der Waals surface area contributed by atoms with Crippen molar-refractivity contribution in [1.82, 2.24) is 15.1 Å². The summed E-state index contributed by atoms with van der Waals surface area (Å²) in [6.07, 6.45) is -0.0759. The smallest absolute Gasteiger partial charge is 0.408 e. The fourth-order valence-electron chi connectivity index (χ4n) is 2.52. The zero-order valence-corrected chi connectivity index (χ0v) is 14.8. The van der Waals surface area contributed by atoms with Gasteiger partial charge >= 0.3 is 6.09 Å². The average Bonchev–Trinajstić information content (AvgIpc) is 3.00. The summed E-state index contributed by atoms with van der Waals surface area (Å²) < 4.78 is 18.2. The van der Waals surface area contributed by atoms with Gasteiger partial charge in [-0.1, -0.05) is 0 Å². The van der Waals surface area contributed by atoms with Gasteiger partial charge in [-0.25, -0.2) is 4.79 Å². The third kappa shape index (κ3) is 4.68. The Morgan fingerprint density at radius 1 is 1.43 bits per heavy atom. The monoisotopic (exact) mass is 325 g/mol. The second-order valence-electron chi connectivity index (χ2n) is 6.82. The summed E-state index contributed by atoms with van der Waals surface area (Å²) in [7, 11) is 1.89. The van der Waals surface area contributed by atoms with Crippen molar-refractivity contribution in [2.45, 2.75) is 59.0 Å².